The van der Waals surface area contributed by atoms with E-state index in [9.17, 15) is 13.6 Å². The second-order valence-electron chi connectivity index (χ2n) is 3.71. The summed E-state index contributed by atoms with van der Waals surface area (Å²) in [6, 6.07) is 4.73. The van der Waals surface area contributed by atoms with E-state index in [0.29, 0.717) is 0 Å². The van der Waals surface area contributed by atoms with Crippen molar-refractivity contribution in [2.45, 2.75) is 12.7 Å². The molecular formula is C12H15F2NO4. The molecule has 0 heterocycles. The van der Waals surface area contributed by atoms with Gasteiger partial charge in [0.05, 0.1) is 19.3 Å². The van der Waals surface area contributed by atoms with Gasteiger partial charge < -0.3 is 19.9 Å². The molecule has 1 aromatic rings. The number of nitrogens with one attached hydrogen (secondary N) is 1. The average Bonchev–Trinajstić information content (AvgIpc) is 2.38. The first-order valence-electron chi connectivity index (χ1n) is 5.52. The molecule has 0 aliphatic rings. The van der Waals surface area contributed by atoms with Crippen LogP contribution in [0.4, 0.5) is 8.78 Å². The van der Waals surface area contributed by atoms with Crippen molar-refractivity contribution in [2.75, 3.05) is 20.3 Å². The van der Waals surface area contributed by atoms with E-state index in [1.165, 1.54) is 31.4 Å². The highest BCUT2D eigenvalue weighted by molar-refractivity contribution is 5.94. The number of hydrogen-bond acceptors (Lipinski definition) is 4. The molecule has 0 aliphatic carbocycles. The van der Waals surface area contributed by atoms with Gasteiger partial charge in [0.25, 0.3) is 5.91 Å². The number of amides is 1. The summed E-state index contributed by atoms with van der Waals surface area (Å²) < 4.78 is 32.9. The molecule has 1 atom stereocenters. The summed E-state index contributed by atoms with van der Waals surface area (Å²) in [5.74, 6) is -0.457. The maximum atomic E-state index is 11.9. The summed E-state index contributed by atoms with van der Waals surface area (Å²) >= 11 is 0. The minimum Gasteiger partial charge on any atom is -0.435 e. The molecule has 0 saturated carbocycles. The zero-order valence-corrected chi connectivity index (χ0v) is 10.3. The fourth-order valence-corrected chi connectivity index (χ4v) is 1.40. The predicted octanol–water partition coefficient (Wildman–Crippen LogP) is 1.03. The molecule has 0 saturated heterocycles. The molecule has 0 bridgehead atoms. The highest BCUT2D eigenvalue weighted by atomic mass is 19.3. The molecule has 2 N–H and O–H groups in total. The SMILES string of the molecule is COCC(CO)NC(=O)c1ccc(OC(F)F)cc1. The number of aliphatic hydroxyl groups excluding tert-OH is 1. The standard InChI is InChI=1S/C12H15F2NO4/c1-18-7-9(6-16)15-11(17)8-2-4-10(5-3-8)19-12(13)14/h2-5,9,12,16H,6-7H2,1H3,(H,15,17). The fourth-order valence-electron chi connectivity index (χ4n) is 1.40. The maximum absolute atomic E-state index is 11.9. The Morgan fingerprint density at radius 2 is 2.00 bits per heavy atom. The van der Waals surface area contributed by atoms with Crippen molar-refractivity contribution in [3.05, 3.63) is 29.8 Å². The summed E-state index contributed by atoms with van der Waals surface area (Å²) in [6.45, 7) is -2.99. The molecule has 1 aromatic carbocycles. The molecule has 0 aliphatic heterocycles. The van der Waals surface area contributed by atoms with E-state index in [0.717, 1.165) is 0 Å². The summed E-state index contributed by atoms with van der Waals surface area (Å²) in [4.78, 5) is 11.8. The van der Waals surface area contributed by atoms with E-state index in [4.69, 9.17) is 9.84 Å². The van der Waals surface area contributed by atoms with Gasteiger partial charge in [-0.15, -0.1) is 0 Å². The number of alkyl halides is 2. The molecule has 0 radical (unpaired) electrons. The normalized spacial score (nSPS) is 12.3. The van der Waals surface area contributed by atoms with Gasteiger partial charge in [0.2, 0.25) is 0 Å². The molecule has 106 valence electrons. The fraction of sp³-hybridized carbons (Fsp3) is 0.417. The lowest BCUT2D eigenvalue weighted by Gasteiger charge is -2.15. The van der Waals surface area contributed by atoms with Crippen molar-refractivity contribution in [3.63, 3.8) is 0 Å². The Morgan fingerprint density at radius 1 is 1.37 bits per heavy atom. The van der Waals surface area contributed by atoms with E-state index in [2.05, 4.69) is 10.1 Å². The van der Waals surface area contributed by atoms with Crippen molar-refractivity contribution < 1.29 is 28.2 Å². The summed E-state index contributed by atoms with van der Waals surface area (Å²) in [6.07, 6.45) is 0. The molecule has 0 spiro atoms. The molecule has 1 rings (SSSR count). The Balaban J connectivity index is 2.62. The van der Waals surface area contributed by atoms with Gasteiger partial charge in [0.1, 0.15) is 5.75 Å². The van der Waals surface area contributed by atoms with Crippen molar-refractivity contribution in [3.8, 4) is 5.75 Å². The van der Waals surface area contributed by atoms with Crippen molar-refractivity contribution in [1.29, 1.82) is 0 Å². The van der Waals surface area contributed by atoms with Crippen LogP contribution in [0.15, 0.2) is 24.3 Å². The third-order valence-electron chi connectivity index (χ3n) is 2.27. The second kappa shape index (κ2) is 7.65. The van der Waals surface area contributed by atoms with Gasteiger partial charge in [-0.1, -0.05) is 0 Å². The third-order valence-corrected chi connectivity index (χ3v) is 2.27. The van der Waals surface area contributed by atoms with Crippen LogP contribution in [0.5, 0.6) is 5.75 Å². The number of rotatable bonds is 7. The lowest BCUT2D eigenvalue weighted by Crippen LogP contribution is -2.40. The monoisotopic (exact) mass is 275 g/mol. The second-order valence-corrected chi connectivity index (χ2v) is 3.71. The predicted molar refractivity (Wildman–Crippen MR) is 63.3 cm³/mol. The van der Waals surface area contributed by atoms with E-state index < -0.39 is 18.6 Å². The lowest BCUT2D eigenvalue weighted by molar-refractivity contribution is -0.0498. The lowest BCUT2D eigenvalue weighted by atomic mass is 10.2. The van der Waals surface area contributed by atoms with Crippen LogP contribution in [-0.2, 0) is 4.74 Å². The topological polar surface area (TPSA) is 67.8 Å². The van der Waals surface area contributed by atoms with Crippen LogP contribution in [0.3, 0.4) is 0 Å². The van der Waals surface area contributed by atoms with Crippen LogP contribution in [0.25, 0.3) is 0 Å². The molecule has 0 aromatic heterocycles. The number of hydrogen-bond donors (Lipinski definition) is 2. The highest BCUT2D eigenvalue weighted by Crippen LogP contribution is 2.14. The van der Waals surface area contributed by atoms with Crippen molar-refractivity contribution >= 4 is 5.91 Å². The van der Waals surface area contributed by atoms with Crippen LogP contribution in [-0.4, -0.2) is 44.0 Å². The molecule has 7 heteroatoms. The van der Waals surface area contributed by atoms with Crippen LogP contribution in [0.1, 0.15) is 10.4 Å². The molecule has 0 fully saturated rings. The molecule has 1 unspecified atom stereocenters. The molecular weight excluding hydrogens is 260 g/mol. The van der Waals surface area contributed by atoms with Gasteiger partial charge in [-0.2, -0.15) is 8.78 Å². The van der Waals surface area contributed by atoms with Gasteiger partial charge in [-0.25, -0.2) is 0 Å². The number of halogens is 2. The summed E-state index contributed by atoms with van der Waals surface area (Å²) in [7, 11) is 1.45. The Bertz CT molecular complexity index is 397. The molecule has 19 heavy (non-hydrogen) atoms. The minimum atomic E-state index is -2.90. The van der Waals surface area contributed by atoms with Crippen molar-refractivity contribution in [2.24, 2.45) is 0 Å². The van der Waals surface area contributed by atoms with E-state index in [1.807, 2.05) is 0 Å². The molecule has 1 amide bonds. The van der Waals surface area contributed by atoms with Gasteiger partial charge in [0.15, 0.2) is 0 Å². The Labute approximate surface area is 109 Å². The van der Waals surface area contributed by atoms with Crippen LogP contribution >= 0.6 is 0 Å². The first kappa shape index (κ1) is 15.3. The largest absolute Gasteiger partial charge is 0.435 e. The number of aliphatic hydroxyl groups is 1. The van der Waals surface area contributed by atoms with Crippen LogP contribution in [0.2, 0.25) is 0 Å². The van der Waals surface area contributed by atoms with Gasteiger partial charge in [-0.05, 0) is 24.3 Å². The highest BCUT2D eigenvalue weighted by Gasteiger charge is 2.13. The van der Waals surface area contributed by atoms with E-state index >= 15 is 0 Å². The smallest absolute Gasteiger partial charge is 0.387 e. The van der Waals surface area contributed by atoms with E-state index in [-0.39, 0.29) is 24.5 Å². The number of carbonyl (C=O) groups excluding carboxylic acids is 1. The first-order chi connectivity index (χ1) is 9.06. The Kier molecular flexibility index (Phi) is 6.17. The van der Waals surface area contributed by atoms with E-state index in [1.54, 1.807) is 0 Å². The third kappa shape index (κ3) is 5.19. The van der Waals surface area contributed by atoms with Gasteiger partial charge in [0, 0.05) is 12.7 Å². The zero-order valence-electron chi connectivity index (χ0n) is 10.3. The summed E-state index contributed by atoms with van der Waals surface area (Å²) in [5, 5.41) is 11.5. The Hall–Kier alpha value is -1.73. The minimum absolute atomic E-state index is 0.0258. The number of carbonyl (C=O) groups is 1. The summed E-state index contributed by atoms with van der Waals surface area (Å²) in [5.41, 5.74) is 0.274. The zero-order chi connectivity index (χ0) is 14.3. The van der Waals surface area contributed by atoms with Crippen LogP contribution in [0, 0.1) is 0 Å². The number of methoxy groups -OCH3 is 1. The number of benzene rings is 1. The van der Waals surface area contributed by atoms with Gasteiger partial charge >= 0.3 is 6.61 Å². The maximum Gasteiger partial charge on any atom is 0.387 e. The average molecular weight is 275 g/mol. The Morgan fingerprint density at radius 3 is 2.47 bits per heavy atom. The first-order valence-corrected chi connectivity index (χ1v) is 5.52. The quantitative estimate of drug-likeness (QED) is 0.779. The van der Waals surface area contributed by atoms with Gasteiger partial charge in [-0.3, -0.25) is 4.79 Å². The number of ether oxygens (including phenoxy) is 2. The van der Waals surface area contributed by atoms with Crippen molar-refractivity contribution in [1.82, 2.24) is 5.32 Å². The van der Waals surface area contributed by atoms with Crippen LogP contribution < -0.4 is 10.1 Å². The molecule has 5 nitrogen and oxygen atoms in total.